The van der Waals surface area contributed by atoms with Crippen molar-refractivity contribution in [2.45, 2.75) is 12.5 Å². The maximum atomic E-state index is 10.7. The van der Waals surface area contributed by atoms with Crippen LogP contribution >= 0.6 is 0 Å². The normalized spacial score (nSPS) is 30.4. The zero-order valence-corrected chi connectivity index (χ0v) is 6.33. The summed E-state index contributed by atoms with van der Waals surface area (Å²) in [6, 6.07) is 0. The number of nitrogens with zero attached hydrogens (tertiary/aromatic N) is 1. The molecule has 0 spiro atoms. The van der Waals surface area contributed by atoms with Gasteiger partial charge in [0.05, 0.1) is 6.54 Å². The molecule has 0 radical (unpaired) electrons. The molecule has 1 aliphatic heterocycles. The summed E-state index contributed by atoms with van der Waals surface area (Å²) in [5.74, 6) is -1.12. The van der Waals surface area contributed by atoms with Crippen molar-refractivity contribution in [2.75, 3.05) is 13.6 Å². The van der Waals surface area contributed by atoms with Crippen molar-refractivity contribution in [3.05, 3.63) is 0 Å². The van der Waals surface area contributed by atoms with E-state index in [0.717, 1.165) is 0 Å². The second kappa shape index (κ2) is 2.11. The fraction of sp³-hybridized carbons (Fsp3) is 0.667. The van der Waals surface area contributed by atoms with Crippen LogP contribution in [0.3, 0.4) is 0 Å². The third kappa shape index (κ3) is 1.13. The van der Waals surface area contributed by atoms with Gasteiger partial charge in [-0.3, -0.25) is 0 Å². The van der Waals surface area contributed by atoms with Crippen LogP contribution in [0, 0.1) is 0 Å². The van der Waals surface area contributed by atoms with E-state index >= 15 is 0 Å². The van der Waals surface area contributed by atoms with Gasteiger partial charge in [0, 0.05) is 7.05 Å². The molecule has 62 valence electrons. The van der Waals surface area contributed by atoms with Gasteiger partial charge >= 0.3 is 12.1 Å². The van der Waals surface area contributed by atoms with E-state index in [9.17, 15) is 9.59 Å². The molecule has 0 saturated carbocycles. The van der Waals surface area contributed by atoms with Gasteiger partial charge in [-0.1, -0.05) is 0 Å². The average molecular weight is 159 g/mol. The SMILES string of the molecule is CN1CC(C)(C(=O)O)OC1=O. The number of carboxylic acid groups (broad SMARTS) is 1. The van der Waals surface area contributed by atoms with Crippen LogP contribution in [-0.4, -0.2) is 41.3 Å². The molecular weight excluding hydrogens is 150 g/mol. The first-order valence-electron chi connectivity index (χ1n) is 3.13. The molecule has 1 saturated heterocycles. The lowest BCUT2D eigenvalue weighted by atomic mass is 10.1. The zero-order valence-electron chi connectivity index (χ0n) is 6.33. The van der Waals surface area contributed by atoms with E-state index in [4.69, 9.17) is 5.11 Å². The summed E-state index contributed by atoms with van der Waals surface area (Å²) in [6.45, 7) is 1.47. The van der Waals surface area contributed by atoms with Gasteiger partial charge in [-0.2, -0.15) is 0 Å². The van der Waals surface area contributed by atoms with Gasteiger partial charge in [-0.15, -0.1) is 0 Å². The Morgan fingerprint density at radius 1 is 1.82 bits per heavy atom. The Hall–Kier alpha value is -1.26. The van der Waals surface area contributed by atoms with E-state index in [1.165, 1.54) is 18.9 Å². The summed E-state index contributed by atoms with van der Waals surface area (Å²) in [5.41, 5.74) is -1.37. The van der Waals surface area contributed by atoms with E-state index in [2.05, 4.69) is 4.74 Å². The van der Waals surface area contributed by atoms with Gasteiger partial charge in [0.1, 0.15) is 0 Å². The van der Waals surface area contributed by atoms with Gasteiger partial charge in [-0.05, 0) is 6.92 Å². The number of amides is 1. The molecular formula is C6H9NO4. The van der Waals surface area contributed by atoms with Crippen LogP contribution in [0.5, 0.6) is 0 Å². The quantitative estimate of drug-likeness (QED) is 0.580. The number of carbonyl (C=O) groups excluding carboxylic acids is 1. The summed E-state index contributed by atoms with van der Waals surface area (Å²) in [6.07, 6.45) is -0.588. The van der Waals surface area contributed by atoms with Crippen LogP contribution in [0.25, 0.3) is 0 Å². The zero-order chi connectivity index (χ0) is 8.65. The number of carboxylic acids is 1. The summed E-state index contributed by atoms with van der Waals surface area (Å²) in [5, 5.41) is 8.60. The largest absolute Gasteiger partial charge is 0.478 e. The van der Waals surface area contributed by atoms with Crippen molar-refractivity contribution in [3.63, 3.8) is 0 Å². The molecule has 0 aromatic carbocycles. The molecule has 1 rings (SSSR count). The Kier molecular flexibility index (Phi) is 1.51. The van der Waals surface area contributed by atoms with Gasteiger partial charge in [-0.25, -0.2) is 9.59 Å². The van der Waals surface area contributed by atoms with E-state index in [-0.39, 0.29) is 6.54 Å². The van der Waals surface area contributed by atoms with Crippen LogP contribution in [0.4, 0.5) is 4.79 Å². The Labute approximate surface area is 63.5 Å². The molecule has 5 nitrogen and oxygen atoms in total. The number of hydrogen-bond acceptors (Lipinski definition) is 3. The van der Waals surface area contributed by atoms with Crippen LogP contribution in [0.1, 0.15) is 6.92 Å². The maximum absolute atomic E-state index is 10.7. The lowest BCUT2D eigenvalue weighted by Gasteiger charge is -2.14. The molecule has 0 aliphatic carbocycles. The van der Waals surface area contributed by atoms with Crippen LogP contribution < -0.4 is 0 Å². The van der Waals surface area contributed by atoms with Crippen molar-refractivity contribution >= 4 is 12.1 Å². The summed E-state index contributed by atoms with van der Waals surface area (Å²) in [4.78, 5) is 22.5. The first kappa shape index (κ1) is 7.84. The highest BCUT2D eigenvalue weighted by Gasteiger charge is 2.46. The Morgan fingerprint density at radius 3 is 2.55 bits per heavy atom. The summed E-state index contributed by atoms with van der Waals surface area (Å²) >= 11 is 0. The lowest BCUT2D eigenvalue weighted by molar-refractivity contribution is -0.153. The standard InChI is InChI=1S/C6H9NO4/c1-6(4(8)9)3-7(2)5(10)11-6/h3H2,1-2H3,(H,8,9). The monoisotopic (exact) mass is 159 g/mol. The molecule has 0 aromatic rings. The molecule has 1 unspecified atom stereocenters. The van der Waals surface area contributed by atoms with Crippen molar-refractivity contribution in [3.8, 4) is 0 Å². The number of hydrogen-bond donors (Lipinski definition) is 1. The number of cyclic esters (lactones) is 1. The molecule has 1 amide bonds. The third-order valence-corrected chi connectivity index (χ3v) is 1.62. The van der Waals surface area contributed by atoms with Gasteiger partial charge < -0.3 is 14.7 Å². The molecule has 1 atom stereocenters. The first-order chi connectivity index (χ1) is 4.96. The number of aliphatic carboxylic acids is 1. The topological polar surface area (TPSA) is 66.8 Å². The average Bonchev–Trinajstić information content (AvgIpc) is 2.09. The number of carbonyl (C=O) groups is 2. The van der Waals surface area contributed by atoms with E-state index in [1.54, 1.807) is 0 Å². The first-order valence-corrected chi connectivity index (χ1v) is 3.13. The van der Waals surface area contributed by atoms with Crippen LogP contribution in [-0.2, 0) is 9.53 Å². The third-order valence-electron chi connectivity index (χ3n) is 1.62. The van der Waals surface area contributed by atoms with Crippen molar-refractivity contribution in [1.82, 2.24) is 4.90 Å². The Balaban J connectivity index is 2.79. The molecule has 1 N–H and O–H groups in total. The fourth-order valence-electron chi connectivity index (χ4n) is 0.931. The van der Waals surface area contributed by atoms with Crippen molar-refractivity contribution in [1.29, 1.82) is 0 Å². The van der Waals surface area contributed by atoms with Crippen molar-refractivity contribution in [2.24, 2.45) is 0 Å². The predicted octanol–water partition coefficient (Wildman–Crippen LogP) is -0.0883. The molecule has 0 aromatic heterocycles. The van der Waals surface area contributed by atoms with E-state index in [0.29, 0.717) is 0 Å². The van der Waals surface area contributed by atoms with Gasteiger partial charge in [0.25, 0.3) is 0 Å². The van der Waals surface area contributed by atoms with Crippen LogP contribution in [0.15, 0.2) is 0 Å². The molecule has 0 bridgehead atoms. The molecule has 11 heavy (non-hydrogen) atoms. The summed E-state index contributed by atoms with van der Waals surface area (Å²) < 4.78 is 4.61. The Bertz CT molecular complexity index is 213. The number of ether oxygens (including phenoxy) is 1. The Morgan fingerprint density at radius 2 is 2.36 bits per heavy atom. The van der Waals surface area contributed by atoms with E-state index < -0.39 is 17.7 Å². The lowest BCUT2D eigenvalue weighted by Crippen LogP contribution is -2.38. The maximum Gasteiger partial charge on any atom is 0.410 e. The minimum atomic E-state index is -1.37. The van der Waals surface area contributed by atoms with Crippen LogP contribution in [0.2, 0.25) is 0 Å². The second-order valence-corrected chi connectivity index (χ2v) is 2.76. The minimum absolute atomic E-state index is 0.0984. The van der Waals surface area contributed by atoms with E-state index in [1.807, 2.05) is 0 Å². The highest BCUT2D eigenvalue weighted by Crippen LogP contribution is 2.20. The van der Waals surface area contributed by atoms with Crippen molar-refractivity contribution < 1.29 is 19.4 Å². The molecule has 5 heteroatoms. The molecule has 1 fully saturated rings. The minimum Gasteiger partial charge on any atom is -0.478 e. The molecule has 1 heterocycles. The highest BCUT2D eigenvalue weighted by molar-refractivity contribution is 5.84. The fourth-order valence-corrected chi connectivity index (χ4v) is 0.931. The summed E-state index contributed by atoms with van der Waals surface area (Å²) in [7, 11) is 1.50. The number of likely N-dealkylation sites (N-methyl/N-ethyl adjacent to an activating group) is 1. The second-order valence-electron chi connectivity index (χ2n) is 2.76. The highest BCUT2D eigenvalue weighted by atomic mass is 16.6. The van der Waals surface area contributed by atoms with Gasteiger partial charge in [0.2, 0.25) is 5.60 Å². The molecule has 1 aliphatic rings. The predicted molar refractivity (Wildman–Crippen MR) is 35.2 cm³/mol. The smallest absolute Gasteiger partial charge is 0.410 e. The number of rotatable bonds is 1. The van der Waals surface area contributed by atoms with Gasteiger partial charge in [0.15, 0.2) is 0 Å².